The van der Waals surface area contributed by atoms with Gasteiger partial charge in [-0.2, -0.15) is 0 Å². The van der Waals surface area contributed by atoms with Gasteiger partial charge in [-0.15, -0.1) is 0 Å². The van der Waals surface area contributed by atoms with Crippen molar-refractivity contribution in [2.24, 2.45) is 5.92 Å². The van der Waals surface area contributed by atoms with Gasteiger partial charge in [-0.3, -0.25) is 4.79 Å². The van der Waals surface area contributed by atoms with Gasteiger partial charge in [0.1, 0.15) is 11.6 Å². The number of anilines is 1. The highest BCUT2D eigenvalue weighted by molar-refractivity contribution is 5.78. The average Bonchev–Trinajstić information content (AvgIpc) is 3.46. The highest BCUT2D eigenvalue weighted by Crippen LogP contribution is 2.38. The zero-order valence-corrected chi connectivity index (χ0v) is 16.1. The van der Waals surface area contributed by atoms with E-state index in [9.17, 15) is 4.79 Å². The molecule has 1 aromatic carbocycles. The molecular weight excluding hydrogens is 324 g/mol. The Balaban J connectivity index is 1.89. The molecule has 1 fully saturated rings. The maximum atomic E-state index is 12.3. The van der Waals surface area contributed by atoms with E-state index in [1.54, 1.807) is 0 Å². The number of nitrogens with zero attached hydrogens (tertiary/aromatic N) is 3. The van der Waals surface area contributed by atoms with E-state index in [4.69, 9.17) is 9.97 Å². The van der Waals surface area contributed by atoms with Crippen LogP contribution in [0.1, 0.15) is 55.7 Å². The standard InChI is InChI=1S/C21H28N4O/c1-14(2)21(26)23-18(15-8-6-5-7-9-15)12-17-13-19(25(3)4)24-20(22-17)16-10-11-16/h5-9,13-14,16,18H,10-12H2,1-4H3,(H,23,26). The van der Waals surface area contributed by atoms with Gasteiger partial charge in [0.2, 0.25) is 5.91 Å². The van der Waals surface area contributed by atoms with Crippen molar-refractivity contribution in [3.05, 3.63) is 53.5 Å². The molecule has 1 unspecified atom stereocenters. The van der Waals surface area contributed by atoms with E-state index in [1.807, 2.05) is 57.1 Å². The minimum atomic E-state index is -0.0944. The summed E-state index contributed by atoms with van der Waals surface area (Å²) >= 11 is 0. The van der Waals surface area contributed by atoms with Crippen LogP contribution in [0.5, 0.6) is 0 Å². The van der Waals surface area contributed by atoms with Crippen molar-refractivity contribution >= 4 is 11.7 Å². The first-order chi connectivity index (χ1) is 12.4. The van der Waals surface area contributed by atoms with Crippen LogP contribution in [0.25, 0.3) is 0 Å². The average molecular weight is 352 g/mol. The summed E-state index contributed by atoms with van der Waals surface area (Å²) in [6.45, 7) is 3.83. The van der Waals surface area contributed by atoms with Crippen LogP contribution in [0.4, 0.5) is 5.82 Å². The van der Waals surface area contributed by atoms with E-state index >= 15 is 0 Å². The number of benzene rings is 1. The summed E-state index contributed by atoms with van der Waals surface area (Å²) in [5, 5.41) is 3.18. The smallest absolute Gasteiger partial charge is 0.223 e. The third-order valence-electron chi connectivity index (χ3n) is 4.64. The van der Waals surface area contributed by atoms with E-state index in [-0.39, 0.29) is 17.9 Å². The van der Waals surface area contributed by atoms with Gasteiger partial charge in [0.25, 0.3) is 0 Å². The van der Waals surface area contributed by atoms with Crippen LogP contribution in [0.2, 0.25) is 0 Å². The third kappa shape index (κ3) is 4.59. The van der Waals surface area contributed by atoms with Crippen LogP contribution >= 0.6 is 0 Å². The van der Waals surface area contributed by atoms with Crippen LogP contribution in [-0.4, -0.2) is 30.0 Å². The summed E-state index contributed by atoms with van der Waals surface area (Å²) in [6.07, 6.45) is 3.00. The van der Waals surface area contributed by atoms with Gasteiger partial charge in [-0.25, -0.2) is 9.97 Å². The maximum Gasteiger partial charge on any atom is 0.223 e. The lowest BCUT2D eigenvalue weighted by Gasteiger charge is -2.21. The number of aromatic nitrogens is 2. The molecule has 26 heavy (non-hydrogen) atoms. The van der Waals surface area contributed by atoms with Gasteiger partial charge in [0.15, 0.2) is 0 Å². The van der Waals surface area contributed by atoms with Crippen LogP contribution in [0.15, 0.2) is 36.4 Å². The molecule has 1 aliphatic rings. The Bertz CT molecular complexity index is 734. The summed E-state index contributed by atoms with van der Waals surface area (Å²) in [4.78, 5) is 23.8. The lowest BCUT2D eigenvalue weighted by molar-refractivity contribution is -0.124. The van der Waals surface area contributed by atoms with E-state index in [1.165, 1.54) is 12.8 Å². The summed E-state index contributed by atoms with van der Waals surface area (Å²) in [6, 6.07) is 12.1. The molecule has 1 amide bonds. The predicted molar refractivity (Wildman–Crippen MR) is 104 cm³/mol. The first-order valence-corrected chi connectivity index (χ1v) is 9.34. The lowest BCUT2D eigenvalue weighted by atomic mass is 10.0. The molecule has 0 bridgehead atoms. The summed E-state index contributed by atoms with van der Waals surface area (Å²) < 4.78 is 0. The van der Waals surface area contributed by atoms with Gasteiger partial charge in [-0.1, -0.05) is 44.2 Å². The maximum absolute atomic E-state index is 12.3. The molecule has 0 saturated heterocycles. The second kappa shape index (κ2) is 7.85. The SMILES string of the molecule is CC(C)C(=O)NC(Cc1cc(N(C)C)nc(C2CC2)n1)c1ccccc1. The van der Waals surface area contributed by atoms with E-state index in [0.717, 1.165) is 22.9 Å². The van der Waals surface area contributed by atoms with Gasteiger partial charge >= 0.3 is 0 Å². The fraction of sp³-hybridized carbons (Fsp3) is 0.476. The monoisotopic (exact) mass is 352 g/mol. The Labute approximate surface area is 155 Å². The van der Waals surface area contributed by atoms with Crippen LogP contribution in [-0.2, 0) is 11.2 Å². The third-order valence-corrected chi connectivity index (χ3v) is 4.64. The molecule has 1 saturated carbocycles. The van der Waals surface area contributed by atoms with E-state index in [2.05, 4.69) is 17.4 Å². The first-order valence-electron chi connectivity index (χ1n) is 9.34. The number of nitrogens with one attached hydrogen (secondary N) is 1. The van der Waals surface area contributed by atoms with Gasteiger partial charge in [-0.05, 0) is 18.4 Å². The number of rotatable bonds is 7. The van der Waals surface area contributed by atoms with Crippen LogP contribution in [0.3, 0.4) is 0 Å². The fourth-order valence-corrected chi connectivity index (χ4v) is 2.85. The van der Waals surface area contributed by atoms with Gasteiger partial charge in [0.05, 0.1) is 6.04 Å². The topological polar surface area (TPSA) is 58.1 Å². The Morgan fingerprint density at radius 3 is 2.46 bits per heavy atom. The molecule has 2 aromatic rings. The molecule has 1 aliphatic carbocycles. The molecule has 1 atom stereocenters. The largest absolute Gasteiger partial charge is 0.363 e. The van der Waals surface area contributed by atoms with Crippen molar-refractivity contribution < 1.29 is 4.79 Å². The van der Waals surface area contributed by atoms with Crippen molar-refractivity contribution in [1.29, 1.82) is 0 Å². The van der Waals surface area contributed by atoms with Crippen molar-refractivity contribution in [2.75, 3.05) is 19.0 Å². The number of hydrogen-bond acceptors (Lipinski definition) is 4. The number of amides is 1. The normalized spacial score (nSPS) is 15.0. The van der Waals surface area contributed by atoms with Crippen LogP contribution in [0, 0.1) is 5.92 Å². The molecule has 5 heteroatoms. The molecule has 1 N–H and O–H groups in total. The Morgan fingerprint density at radius 1 is 1.19 bits per heavy atom. The fourth-order valence-electron chi connectivity index (χ4n) is 2.85. The molecule has 0 aliphatic heterocycles. The second-order valence-electron chi connectivity index (χ2n) is 7.58. The molecule has 138 valence electrons. The lowest BCUT2D eigenvalue weighted by Crippen LogP contribution is -2.33. The molecule has 5 nitrogen and oxygen atoms in total. The molecule has 3 rings (SSSR count). The second-order valence-corrected chi connectivity index (χ2v) is 7.58. The Hall–Kier alpha value is -2.43. The number of hydrogen-bond donors (Lipinski definition) is 1. The number of carbonyl (C=O) groups excluding carboxylic acids is 1. The summed E-state index contributed by atoms with van der Waals surface area (Å²) in [5.74, 6) is 2.37. The number of carbonyl (C=O) groups is 1. The minimum Gasteiger partial charge on any atom is -0.363 e. The van der Waals surface area contributed by atoms with Crippen molar-refractivity contribution in [3.63, 3.8) is 0 Å². The van der Waals surface area contributed by atoms with Crippen molar-refractivity contribution in [1.82, 2.24) is 15.3 Å². The van der Waals surface area contributed by atoms with E-state index < -0.39 is 0 Å². The van der Waals surface area contributed by atoms with Crippen LogP contribution < -0.4 is 10.2 Å². The molecular formula is C21H28N4O. The predicted octanol–water partition coefficient (Wildman–Crippen LogP) is 3.48. The van der Waals surface area contributed by atoms with Gasteiger partial charge in [0, 0.05) is 44.1 Å². The van der Waals surface area contributed by atoms with Crippen molar-refractivity contribution in [3.8, 4) is 0 Å². The zero-order valence-electron chi connectivity index (χ0n) is 16.1. The summed E-state index contributed by atoms with van der Waals surface area (Å²) in [5.41, 5.74) is 2.07. The quantitative estimate of drug-likeness (QED) is 0.829. The first kappa shape index (κ1) is 18.4. The molecule has 0 radical (unpaired) electrons. The molecule has 0 spiro atoms. The highest BCUT2D eigenvalue weighted by atomic mass is 16.1. The Kier molecular flexibility index (Phi) is 5.55. The zero-order chi connectivity index (χ0) is 18.7. The van der Waals surface area contributed by atoms with Gasteiger partial charge < -0.3 is 10.2 Å². The van der Waals surface area contributed by atoms with E-state index in [0.29, 0.717) is 12.3 Å². The molecule has 1 aromatic heterocycles. The minimum absolute atomic E-state index is 0.0500. The van der Waals surface area contributed by atoms with Crippen molar-refractivity contribution in [2.45, 2.75) is 45.1 Å². The highest BCUT2D eigenvalue weighted by Gasteiger charge is 2.28. The Morgan fingerprint density at radius 2 is 1.88 bits per heavy atom. The molecule has 1 heterocycles. The summed E-state index contributed by atoms with van der Waals surface area (Å²) in [7, 11) is 4.00.